The minimum atomic E-state index is -1.06. The summed E-state index contributed by atoms with van der Waals surface area (Å²) in [5.74, 6) is -2.32. The lowest BCUT2D eigenvalue weighted by Gasteiger charge is -2.23. The van der Waals surface area contributed by atoms with Crippen LogP contribution in [0.5, 0.6) is 5.75 Å². The number of thiazole rings is 1. The molecule has 1 aliphatic rings. The molecule has 1 aromatic heterocycles. The van der Waals surface area contributed by atoms with Crippen molar-refractivity contribution in [1.82, 2.24) is 4.98 Å². The van der Waals surface area contributed by atoms with Crippen molar-refractivity contribution in [3.8, 4) is 5.75 Å². The first-order valence-electron chi connectivity index (χ1n) is 11.4. The van der Waals surface area contributed by atoms with Gasteiger partial charge in [-0.05, 0) is 48.9 Å². The zero-order chi connectivity index (χ0) is 27.4. The predicted molar refractivity (Wildman–Crippen MR) is 146 cm³/mol. The van der Waals surface area contributed by atoms with Crippen LogP contribution in [0.2, 0.25) is 5.02 Å². The SMILES string of the molecule is C=CCOC(=O)c1sc(N2C(=O)C(=O)C(=C(O)c3ccc(Cl)cc3)C2c2cccc(OCC=C)c2)nc1C. The number of nitrogens with zero attached hydrogens (tertiary/aromatic N) is 2. The number of amides is 1. The van der Waals surface area contributed by atoms with Crippen molar-refractivity contribution in [2.24, 2.45) is 0 Å². The molecule has 1 unspecified atom stereocenters. The second kappa shape index (κ2) is 11.5. The number of hydrogen-bond donors (Lipinski definition) is 1. The summed E-state index contributed by atoms with van der Waals surface area (Å²) in [5, 5.41) is 11.8. The molecule has 1 fully saturated rings. The van der Waals surface area contributed by atoms with Gasteiger partial charge in [0.05, 0.1) is 17.3 Å². The van der Waals surface area contributed by atoms with Gasteiger partial charge in [0.25, 0.3) is 5.78 Å². The highest BCUT2D eigenvalue weighted by Gasteiger charge is 2.48. The van der Waals surface area contributed by atoms with Gasteiger partial charge in [0, 0.05) is 10.6 Å². The van der Waals surface area contributed by atoms with Crippen molar-refractivity contribution in [2.45, 2.75) is 13.0 Å². The minimum Gasteiger partial charge on any atom is -0.507 e. The van der Waals surface area contributed by atoms with Crippen LogP contribution in [0.4, 0.5) is 5.13 Å². The lowest BCUT2D eigenvalue weighted by molar-refractivity contribution is -0.132. The molecule has 1 N–H and O–H groups in total. The number of Topliss-reactive ketones (excluding diaryl/α,β-unsaturated/α-hetero) is 1. The minimum absolute atomic E-state index is 0.00855. The Kier molecular flexibility index (Phi) is 8.09. The van der Waals surface area contributed by atoms with Gasteiger partial charge in [-0.2, -0.15) is 0 Å². The Balaban J connectivity index is 1.88. The van der Waals surface area contributed by atoms with E-state index in [1.54, 1.807) is 61.5 Å². The number of rotatable bonds is 9. The van der Waals surface area contributed by atoms with Gasteiger partial charge in [0.15, 0.2) is 5.13 Å². The van der Waals surface area contributed by atoms with Crippen LogP contribution in [0, 0.1) is 6.92 Å². The lowest BCUT2D eigenvalue weighted by atomic mass is 9.95. The molecule has 1 amide bonds. The van der Waals surface area contributed by atoms with E-state index in [1.165, 1.54) is 11.0 Å². The molecule has 8 nitrogen and oxygen atoms in total. The summed E-state index contributed by atoms with van der Waals surface area (Å²) in [6.45, 7) is 9.03. The molecule has 0 aliphatic carbocycles. The number of carbonyl (C=O) groups is 3. The van der Waals surface area contributed by atoms with E-state index >= 15 is 0 Å². The van der Waals surface area contributed by atoms with Gasteiger partial charge in [-0.3, -0.25) is 14.5 Å². The summed E-state index contributed by atoms with van der Waals surface area (Å²) in [5.41, 5.74) is 0.993. The number of anilines is 1. The average Bonchev–Trinajstić information content (AvgIpc) is 3.42. The Bertz CT molecular complexity index is 1460. The largest absolute Gasteiger partial charge is 0.507 e. The summed E-state index contributed by atoms with van der Waals surface area (Å²) in [6, 6.07) is 12.0. The molecule has 0 radical (unpaired) electrons. The van der Waals surface area contributed by atoms with E-state index in [4.69, 9.17) is 21.1 Å². The smallest absolute Gasteiger partial charge is 0.350 e. The van der Waals surface area contributed by atoms with E-state index < -0.39 is 23.7 Å². The summed E-state index contributed by atoms with van der Waals surface area (Å²) < 4.78 is 10.8. The Hall–Kier alpha value is -4.21. The van der Waals surface area contributed by atoms with Crippen LogP contribution >= 0.6 is 22.9 Å². The Morgan fingerprint density at radius 2 is 1.87 bits per heavy atom. The van der Waals surface area contributed by atoms with Crippen LogP contribution in [0.1, 0.15) is 32.5 Å². The Morgan fingerprint density at radius 1 is 1.16 bits per heavy atom. The number of ketones is 1. The number of carbonyl (C=O) groups excluding carboxylic acids is 3. The fourth-order valence-electron chi connectivity index (χ4n) is 3.91. The van der Waals surface area contributed by atoms with E-state index in [9.17, 15) is 19.5 Å². The number of halogens is 1. The van der Waals surface area contributed by atoms with E-state index in [2.05, 4.69) is 18.1 Å². The third-order valence-corrected chi connectivity index (χ3v) is 7.00. The number of hydrogen-bond acceptors (Lipinski definition) is 8. The number of aliphatic hydroxyl groups is 1. The van der Waals surface area contributed by atoms with Crippen molar-refractivity contribution < 1.29 is 29.0 Å². The van der Waals surface area contributed by atoms with Crippen molar-refractivity contribution in [3.05, 3.63) is 106 Å². The van der Waals surface area contributed by atoms with Gasteiger partial charge in [-0.15, -0.1) is 0 Å². The van der Waals surface area contributed by atoms with Crippen molar-refractivity contribution >= 4 is 51.5 Å². The van der Waals surface area contributed by atoms with Crippen molar-refractivity contribution in [1.29, 1.82) is 0 Å². The Labute approximate surface area is 228 Å². The second-order valence-electron chi connectivity index (χ2n) is 8.15. The zero-order valence-corrected chi connectivity index (χ0v) is 21.9. The van der Waals surface area contributed by atoms with Gasteiger partial charge in [-0.25, -0.2) is 9.78 Å². The molecule has 0 spiro atoms. The normalized spacial score (nSPS) is 16.4. The molecular formula is C28H23ClN2O6S. The number of aryl methyl sites for hydroxylation is 1. The number of benzene rings is 2. The summed E-state index contributed by atoms with van der Waals surface area (Å²) in [7, 11) is 0. The molecule has 4 rings (SSSR count). The molecule has 3 aromatic rings. The van der Waals surface area contributed by atoms with Crippen LogP contribution in [-0.4, -0.2) is 41.0 Å². The highest BCUT2D eigenvalue weighted by Crippen LogP contribution is 2.44. The molecule has 2 heterocycles. The van der Waals surface area contributed by atoms with E-state index in [0.29, 0.717) is 27.6 Å². The van der Waals surface area contributed by atoms with Crippen LogP contribution in [0.3, 0.4) is 0 Å². The topological polar surface area (TPSA) is 106 Å². The third-order valence-electron chi connectivity index (χ3n) is 5.61. The molecule has 1 saturated heterocycles. The van der Waals surface area contributed by atoms with Gasteiger partial charge in [0.1, 0.15) is 29.6 Å². The van der Waals surface area contributed by atoms with Crippen LogP contribution in [0.25, 0.3) is 5.76 Å². The monoisotopic (exact) mass is 550 g/mol. The molecule has 10 heteroatoms. The summed E-state index contributed by atoms with van der Waals surface area (Å²) in [4.78, 5) is 45.1. The zero-order valence-electron chi connectivity index (χ0n) is 20.3. The number of ether oxygens (including phenoxy) is 2. The number of aromatic nitrogens is 1. The number of aliphatic hydroxyl groups excluding tert-OH is 1. The highest BCUT2D eigenvalue weighted by atomic mass is 35.5. The highest BCUT2D eigenvalue weighted by molar-refractivity contribution is 7.17. The van der Waals surface area contributed by atoms with Crippen molar-refractivity contribution in [2.75, 3.05) is 18.1 Å². The summed E-state index contributed by atoms with van der Waals surface area (Å²) in [6.07, 6.45) is 3.02. The quantitative estimate of drug-likeness (QED) is 0.121. The molecular weight excluding hydrogens is 528 g/mol. The van der Waals surface area contributed by atoms with Gasteiger partial charge in [-0.1, -0.05) is 60.4 Å². The Morgan fingerprint density at radius 3 is 2.55 bits per heavy atom. The first kappa shape index (κ1) is 26.8. The molecule has 0 saturated carbocycles. The van der Waals surface area contributed by atoms with E-state index in [1.807, 2.05) is 0 Å². The molecule has 2 aromatic carbocycles. The maximum Gasteiger partial charge on any atom is 0.350 e. The third kappa shape index (κ3) is 5.25. The molecule has 1 atom stereocenters. The second-order valence-corrected chi connectivity index (χ2v) is 9.56. The van der Waals surface area contributed by atoms with Gasteiger partial charge < -0.3 is 14.6 Å². The van der Waals surface area contributed by atoms with Crippen LogP contribution < -0.4 is 9.64 Å². The molecule has 38 heavy (non-hydrogen) atoms. The van der Waals surface area contributed by atoms with E-state index in [-0.39, 0.29) is 34.6 Å². The van der Waals surface area contributed by atoms with E-state index in [0.717, 1.165) is 11.3 Å². The maximum absolute atomic E-state index is 13.4. The number of esters is 1. The molecule has 194 valence electrons. The standard InChI is InChI=1S/C28H23ClN2O6S/c1-4-13-36-20-8-6-7-18(15-20)22-21(23(32)17-9-11-19(29)12-10-17)24(33)26(34)31(22)28-30-16(3)25(38-28)27(35)37-14-5-2/h4-12,15,22,32H,1-2,13-14H2,3H3. The van der Waals surface area contributed by atoms with Crippen LogP contribution in [0.15, 0.2) is 79.4 Å². The maximum atomic E-state index is 13.4. The first-order valence-corrected chi connectivity index (χ1v) is 12.6. The fraction of sp³-hybridized carbons (Fsp3) is 0.143. The predicted octanol–water partition coefficient (Wildman–Crippen LogP) is 5.64. The van der Waals surface area contributed by atoms with Gasteiger partial charge in [0.2, 0.25) is 0 Å². The fourth-order valence-corrected chi connectivity index (χ4v) is 5.03. The molecule has 0 bridgehead atoms. The van der Waals surface area contributed by atoms with Gasteiger partial charge >= 0.3 is 11.9 Å². The molecule has 1 aliphatic heterocycles. The first-order chi connectivity index (χ1) is 18.3. The lowest BCUT2D eigenvalue weighted by Crippen LogP contribution is -2.29. The van der Waals surface area contributed by atoms with Crippen molar-refractivity contribution in [3.63, 3.8) is 0 Å². The van der Waals surface area contributed by atoms with Crippen LogP contribution in [-0.2, 0) is 14.3 Å². The average molecular weight is 551 g/mol. The summed E-state index contributed by atoms with van der Waals surface area (Å²) >= 11 is 6.91.